The third kappa shape index (κ3) is 3.81. The van der Waals surface area contributed by atoms with Crippen molar-refractivity contribution < 1.29 is 14.7 Å². The van der Waals surface area contributed by atoms with Gasteiger partial charge in [-0.15, -0.1) is 0 Å². The highest BCUT2D eigenvalue weighted by atomic mass is 16.4. The van der Waals surface area contributed by atoms with Crippen LogP contribution in [0.1, 0.15) is 40.0 Å². The Morgan fingerprint density at radius 1 is 1.31 bits per heavy atom. The Morgan fingerprint density at radius 2 is 1.81 bits per heavy atom. The van der Waals surface area contributed by atoms with E-state index in [-0.39, 0.29) is 12.5 Å². The summed E-state index contributed by atoms with van der Waals surface area (Å²) in [6.45, 7) is 5.61. The van der Waals surface area contributed by atoms with E-state index in [2.05, 4.69) is 5.32 Å². The number of carbonyl (C=O) groups excluding carboxylic acids is 1. The Labute approximate surface area is 96.4 Å². The number of carboxylic acid groups (broad SMARTS) is 1. The standard InChI is InChI=1S/C11H22N2O3/c1-4-8(9(14)15)7-13-10(16)11(12,5-2)6-3/h8H,4-7,12H2,1-3H3,(H,13,16)(H,14,15). The number of aliphatic carboxylic acids is 1. The molecule has 16 heavy (non-hydrogen) atoms. The van der Waals surface area contributed by atoms with Gasteiger partial charge in [0, 0.05) is 6.54 Å². The predicted octanol–water partition coefficient (Wildman–Crippen LogP) is 0.731. The van der Waals surface area contributed by atoms with Gasteiger partial charge >= 0.3 is 5.97 Å². The molecular weight excluding hydrogens is 208 g/mol. The Balaban J connectivity index is 4.30. The number of hydrogen-bond acceptors (Lipinski definition) is 3. The molecule has 5 heteroatoms. The Bertz CT molecular complexity index is 250. The number of carbonyl (C=O) groups is 2. The number of nitrogens with one attached hydrogen (secondary N) is 1. The SMILES string of the molecule is CCC(CNC(=O)C(N)(CC)CC)C(=O)O. The van der Waals surface area contributed by atoms with Gasteiger partial charge in [0.05, 0.1) is 11.5 Å². The minimum absolute atomic E-state index is 0.142. The molecule has 0 aromatic carbocycles. The van der Waals surface area contributed by atoms with Gasteiger partial charge in [0.25, 0.3) is 0 Å². The molecule has 0 spiro atoms. The van der Waals surface area contributed by atoms with Crippen LogP contribution in [0.25, 0.3) is 0 Å². The number of rotatable bonds is 7. The summed E-state index contributed by atoms with van der Waals surface area (Å²) in [6, 6.07) is 0. The Kier molecular flexibility index (Phi) is 6.03. The van der Waals surface area contributed by atoms with Crippen LogP contribution >= 0.6 is 0 Å². The van der Waals surface area contributed by atoms with E-state index in [0.29, 0.717) is 19.3 Å². The molecule has 0 saturated heterocycles. The van der Waals surface area contributed by atoms with Crippen LogP contribution in [0, 0.1) is 5.92 Å². The van der Waals surface area contributed by atoms with E-state index in [1.807, 2.05) is 13.8 Å². The van der Waals surface area contributed by atoms with Gasteiger partial charge in [0.1, 0.15) is 0 Å². The lowest BCUT2D eigenvalue weighted by molar-refractivity contribution is -0.141. The molecule has 1 atom stereocenters. The highest BCUT2D eigenvalue weighted by molar-refractivity contribution is 5.86. The largest absolute Gasteiger partial charge is 0.481 e. The van der Waals surface area contributed by atoms with Crippen molar-refractivity contribution in [1.29, 1.82) is 0 Å². The summed E-state index contributed by atoms with van der Waals surface area (Å²) in [5.41, 5.74) is 5.01. The first-order valence-corrected chi connectivity index (χ1v) is 5.71. The first kappa shape index (κ1) is 14.9. The average Bonchev–Trinajstić information content (AvgIpc) is 2.28. The van der Waals surface area contributed by atoms with Crippen LogP contribution in [0.5, 0.6) is 0 Å². The Hall–Kier alpha value is -1.10. The molecule has 94 valence electrons. The number of nitrogens with two attached hydrogens (primary N) is 1. The van der Waals surface area contributed by atoms with E-state index in [1.54, 1.807) is 6.92 Å². The molecule has 4 N–H and O–H groups in total. The molecule has 0 aliphatic carbocycles. The average molecular weight is 230 g/mol. The molecule has 0 aliphatic rings. The van der Waals surface area contributed by atoms with Gasteiger partial charge in [-0.1, -0.05) is 20.8 Å². The molecule has 0 radical (unpaired) electrons. The summed E-state index contributed by atoms with van der Waals surface area (Å²) in [5.74, 6) is -1.70. The molecule has 0 aromatic heterocycles. The van der Waals surface area contributed by atoms with Crippen molar-refractivity contribution in [2.45, 2.75) is 45.6 Å². The van der Waals surface area contributed by atoms with Crippen molar-refractivity contribution in [3.05, 3.63) is 0 Å². The quantitative estimate of drug-likeness (QED) is 0.601. The second-order valence-electron chi connectivity index (χ2n) is 4.02. The fourth-order valence-electron chi connectivity index (χ4n) is 1.37. The van der Waals surface area contributed by atoms with Crippen molar-refractivity contribution in [2.24, 2.45) is 11.7 Å². The third-order valence-corrected chi connectivity index (χ3v) is 3.07. The van der Waals surface area contributed by atoms with E-state index < -0.39 is 17.4 Å². The molecule has 0 heterocycles. The van der Waals surface area contributed by atoms with Crippen LogP contribution in [-0.4, -0.2) is 29.1 Å². The summed E-state index contributed by atoms with van der Waals surface area (Å²) in [6.07, 6.45) is 1.57. The summed E-state index contributed by atoms with van der Waals surface area (Å²) in [5, 5.41) is 11.4. The molecule has 0 rings (SSSR count). The van der Waals surface area contributed by atoms with Gasteiger partial charge in [-0.05, 0) is 19.3 Å². The third-order valence-electron chi connectivity index (χ3n) is 3.07. The maximum atomic E-state index is 11.7. The van der Waals surface area contributed by atoms with Gasteiger partial charge in [-0.3, -0.25) is 9.59 Å². The van der Waals surface area contributed by atoms with Crippen molar-refractivity contribution in [3.8, 4) is 0 Å². The number of amides is 1. The summed E-state index contributed by atoms with van der Waals surface area (Å²) in [4.78, 5) is 22.5. The molecule has 0 aliphatic heterocycles. The fourth-order valence-corrected chi connectivity index (χ4v) is 1.37. The summed E-state index contributed by atoms with van der Waals surface area (Å²) in [7, 11) is 0. The van der Waals surface area contributed by atoms with Crippen LogP contribution in [0.15, 0.2) is 0 Å². The zero-order chi connectivity index (χ0) is 12.8. The maximum Gasteiger partial charge on any atom is 0.308 e. The van der Waals surface area contributed by atoms with E-state index in [1.165, 1.54) is 0 Å². The van der Waals surface area contributed by atoms with Crippen molar-refractivity contribution in [3.63, 3.8) is 0 Å². The van der Waals surface area contributed by atoms with Crippen molar-refractivity contribution >= 4 is 11.9 Å². The topological polar surface area (TPSA) is 92.4 Å². The smallest absolute Gasteiger partial charge is 0.308 e. The molecule has 0 saturated carbocycles. The van der Waals surface area contributed by atoms with Gasteiger partial charge in [0.2, 0.25) is 5.91 Å². The Morgan fingerprint density at radius 3 is 2.12 bits per heavy atom. The lowest BCUT2D eigenvalue weighted by Gasteiger charge is -2.25. The van der Waals surface area contributed by atoms with Crippen molar-refractivity contribution in [2.75, 3.05) is 6.54 Å². The number of carboxylic acids is 1. The monoisotopic (exact) mass is 230 g/mol. The lowest BCUT2D eigenvalue weighted by Crippen LogP contribution is -2.54. The van der Waals surface area contributed by atoms with Crippen molar-refractivity contribution in [1.82, 2.24) is 5.32 Å². The predicted molar refractivity (Wildman–Crippen MR) is 61.9 cm³/mol. The molecular formula is C11H22N2O3. The molecule has 0 bridgehead atoms. The van der Waals surface area contributed by atoms with E-state index >= 15 is 0 Å². The van der Waals surface area contributed by atoms with Crippen LogP contribution in [0.4, 0.5) is 0 Å². The van der Waals surface area contributed by atoms with Gasteiger partial charge < -0.3 is 16.2 Å². The lowest BCUT2D eigenvalue weighted by atomic mass is 9.93. The maximum absolute atomic E-state index is 11.7. The van der Waals surface area contributed by atoms with E-state index in [4.69, 9.17) is 10.8 Å². The molecule has 0 fully saturated rings. The summed E-state index contributed by atoms with van der Waals surface area (Å²) < 4.78 is 0. The van der Waals surface area contributed by atoms with Crippen LogP contribution < -0.4 is 11.1 Å². The zero-order valence-electron chi connectivity index (χ0n) is 10.2. The minimum Gasteiger partial charge on any atom is -0.481 e. The second kappa shape index (κ2) is 6.48. The second-order valence-corrected chi connectivity index (χ2v) is 4.02. The van der Waals surface area contributed by atoms with Gasteiger partial charge in [0.15, 0.2) is 0 Å². The highest BCUT2D eigenvalue weighted by Gasteiger charge is 2.30. The molecule has 1 unspecified atom stereocenters. The number of hydrogen-bond donors (Lipinski definition) is 3. The van der Waals surface area contributed by atoms with Gasteiger partial charge in [-0.2, -0.15) is 0 Å². The first-order chi connectivity index (χ1) is 7.41. The van der Waals surface area contributed by atoms with Crippen LogP contribution in [0.2, 0.25) is 0 Å². The minimum atomic E-state index is -0.890. The normalized spacial score (nSPS) is 13.2. The molecule has 1 amide bonds. The van der Waals surface area contributed by atoms with E-state index in [0.717, 1.165) is 0 Å². The van der Waals surface area contributed by atoms with Gasteiger partial charge in [-0.25, -0.2) is 0 Å². The molecule has 0 aromatic rings. The first-order valence-electron chi connectivity index (χ1n) is 5.71. The van der Waals surface area contributed by atoms with Crippen LogP contribution in [0.3, 0.4) is 0 Å². The highest BCUT2D eigenvalue weighted by Crippen LogP contribution is 2.11. The fraction of sp³-hybridized carbons (Fsp3) is 0.818. The molecule has 5 nitrogen and oxygen atoms in total. The van der Waals surface area contributed by atoms with E-state index in [9.17, 15) is 9.59 Å². The van der Waals surface area contributed by atoms with Crippen LogP contribution in [-0.2, 0) is 9.59 Å². The zero-order valence-corrected chi connectivity index (χ0v) is 10.2. The summed E-state index contributed by atoms with van der Waals surface area (Å²) >= 11 is 0.